The van der Waals surface area contributed by atoms with E-state index in [2.05, 4.69) is 5.32 Å². The highest BCUT2D eigenvalue weighted by molar-refractivity contribution is 5.99. The van der Waals surface area contributed by atoms with E-state index in [0.717, 1.165) is 0 Å². The molecule has 0 saturated heterocycles. The van der Waals surface area contributed by atoms with Crippen LogP contribution in [0.5, 0.6) is 5.75 Å². The summed E-state index contributed by atoms with van der Waals surface area (Å²) in [6.45, 7) is 3.94. The van der Waals surface area contributed by atoms with Gasteiger partial charge in [0.1, 0.15) is 5.75 Å². The number of rotatable bonds is 3. The SMILES string of the molecule is CCOC(=O)c1ccc2c(c1)NC(=O)[C@@H](CC)O2. The van der Waals surface area contributed by atoms with Gasteiger partial charge in [0.25, 0.3) is 5.91 Å². The largest absolute Gasteiger partial charge is 0.478 e. The van der Waals surface area contributed by atoms with Gasteiger partial charge in [-0.15, -0.1) is 0 Å². The van der Waals surface area contributed by atoms with Crippen molar-refractivity contribution in [2.75, 3.05) is 11.9 Å². The zero-order valence-electron chi connectivity index (χ0n) is 10.4. The molecule has 5 heteroatoms. The van der Waals surface area contributed by atoms with Crippen LogP contribution in [-0.4, -0.2) is 24.6 Å². The van der Waals surface area contributed by atoms with Gasteiger partial charge in [0.2, 0.25) is 0 Å². The molecule has 1 amide bonds. The number of hydrogen-bond donors (Lipinski definition) is 1. The minimum absolute atomic E-state index is 0.189. The number of carbonyl (C=O) groups excluding carboxylic acids is 2. The Morgan fingerprint density at radius 2 is 2.22 bits per heavy atom. The van der Waals surface area contributed by atoms with Crippen LogP contribution in [-0.2, 0) is 9.53 Å². The summed E-state index contributed by atoms with van der Waals surface area (Å²) in [5, 5.41) is 2.73. The fourth-order valence-electron chi connectivity index (χ4n) is 1.76. The Hall–Kier alpha value is -2.04. The summed E-state index contributed by atoms with van der Waals surface area (Å²) in [7, 11) is 0. The van der Waals surface area contributed by atoms with Crippen LogP contribution in [0.3, 0.4) is 0 Å². The van der Waals surface area contributed by atoms with Crippen LogP contribution in [0.15, 0.2) is 18.2 Å². The van der Waals surface area contributed by atoms with Gasteiger partial charge in [-0.3, -0.25) is 4.79 Å². The Labute approximate surface area is 105 Å². The molecule has 0 fully saturated rings. The van der Waals surface area contributed by atoms with Gasteiger partial charge in [0.15, 0.2) is 6.10 Å². The summed E-state index contributed by atoms with van der Waals surface area (Å²) in [6, 6.07) is 4.86. The van der Waals surface area contributed by atoms with Crippen LogP contribution in [0.2, 0.25) is 0 Å². The standard InChI is InChI=1S/C13H15NO4/c1-3-10-12(15)14-9-7-8(13(16)17-4-2)5-6-11(9)18-10/h5-7,10H,3-4H2,1-2H3,(H,14,15)/t10-/m1/s1. The summed E-state index contributed by atoms with van der Waals surface area (Å²) in [6.07, 6.45) is 0.135. The lowest BCUT2D eigenvalue weighted by molar-refractivity contribution is -0.123. The molecule has 5 nitrogen and oxygen atoms in total. The third kappa shape index (κ3) is 2.30. The number of nitrogens with one attached hydrogen (secondary N) is 1. The molecule has 18 heavy (non-hydrogen) atoms. The number of hydrogen-bond acceptors (Lipinski definition) is 4. The highest BCUT2D eigenvalue weighted by Gasteiger charge is 2.26. The Morgan fingerprint density at radius 1 is 1.44 bits per heavy atom. The number of anilines is 1. The minimum Gasteiger partial charge on any atom is -0.478 e. The highest BCUT2D eigenvalue weighted by atomic mass is 16.5. The first-order valence-corrected chi connectivity index (χ1v) is 5.94. The van der Waals surface area contributed by atoms with Crippen molar-refractivity contribution in [3.05, 3.63) is 23.8 Å². The van der Waals surface area contributed by atoms with Gasteiger partial charge < -0.3 is 14.8 Å². The lowest BCUT2D eigenvalue weighted by Crippen LogP contribution is -2.36. The normalized spacial score (nSPS) is 17.4. The van der Waals surface area contributed by atoms with Crippen molar-refractivity contribution < 1.29 is 19.1 Å². The van der Waals surface area contributed by atoms with Crippen molar-refractivity contribution >= 4 is 17.6 Å². The molecule has 2 rings (SSSR count). The molecule has 0 spiro atoms. The van der Waals surface area contributed by atoms with Crippen molar-refractivity contribution in [1.82, 2.24) is 0 Å². The van der Waals surface area contributed by atoms with E-state index in [1.54, 1.807) is 25.1 Å². The lowest BCUT2D eigenvalue weighted by Gasteiger charge is -2.25. The van der Waals surface area contributed by atoms with Gasteiger partial charge in [0.05, 0.1) is 17.9 Å². The number of amides is 1. The molecule has 1 aromatic carbocycles. The Kier molecular flexibility index (Phi) is 3.50. The third-order valence-corrected chi connectivity index (χ3v) is 2.68. The molecule has 0 radical (unpaired) electrons. The summed E-state index contributed by atoms with van der Waals surface area (Å²) in [5.74, 6) is -0.0207. The first kappa shape index (κ1) is 12.4. The highest BCUT2D eigenvalue weighted by Crippen LogP contribution is 2.31. The molecule has 0 saturated carbocycles. The zero-order chi connectivity index (χ0) is 13.1. The Morgan fingerprint density at radius 3 is 2.89 bits per heavy atom. The predicted octanol–water partition coefficient (Wildman–Crippen LogP) is 1.97. The smallest absolute Gasteiger partial charge is 0.338 e. The molecule has 1 N–H and O–H groups in total. The summed E-state index contributed by atoms with van der Waals surface area (Å²) in [4.78, 5) is 23.2. The number of carbonyl (C=O) groups is 2. The molecule has 1 aromatic rings. The van der Waals surface area contributed by atoms with Crippen LogP contribution in [0.4, 0.5) is 5.69 Å². The molecule has 0 aliphatic carbocycles. The molecule has 1 aliphatic rings. The van der Waals surface area contributed by atoms with Crippen molar-refractivity contribution in [2.45, 2.75) is 26.4 Å². The average molecular weight is 249 g/mol. The molecule has 0 aromatic heterocycles. The minimum atomic E-state index is -0.467. The quantitative estimate of drug-likeness (QED) is 0.832. The van der Waals surface area contributed by atoms with Gasteiger partial charge >= 0.3 is 5.97 Å². The fourth-order valence-corrected chi connectivity index (χ4v) is 1.76. The van der Waals surface area contributed by atoms with E-state index in [1.165, 1.54) is 0 Å². The lowest BCUT2D eigenvalue weighted by atomic mass is 10.1. The van der Waals surface area contributed by atoms with Crippen molar-refractivity contribution in [3.8, 4) is 5.75 Å². The van der Waals surface area contributed by atoms with Crippen LogP contribution < -0.4 is 10.1 Å². The molecule has 1 heterocycles. The molecule has 96 valence electrons. The second-order valence-electron chi connectivity index (χ2n) is 3.94. The summed E-state index contributed by atoms with van der Waals surface area (Å²) in [5.41, 5.74) is 0.907. The van der Waals surface area contributed by atoms with E-state index in [1.807, 2.05) is 6.92 Å². The third-order valence-electron chi connectivity index (χ3n) is 2.68. The average Bonchev–Trinajstić information content (AvgIpc) is 2.37. The zero-order valence-corrected chi connectivity index (χ0v) is 10.4. The van der Waals surface area contributed by atoms with Crippen molar-refractivity contribution in [3.63, 3.8) is 0 Å². The molecular formula is C13H15NO4. The molecular weight excluding hydrogens is 234 g/mol. The first-order valence-electron chi connectivity index (χ1n) is 5.94. The van der Waals surface area contributed by atoms with Crippen LogP contribution in [0, 0.1) is 0 Å². The number of fused-ring (bicyclic) bond motifs is 1. The Balaban J connectivity index is 2.26. The maximum Gasteiger partial charge on any atom is 0.338 e. The second-order valence-corrected chi connectivity index (χ2v) is 3.94. The second kappa shape index (κ2) is 5.08. The predicted molar refractivity (Wildman–Crippen MR) is 65.7 cm³/mol. The van der Waals surface area contributed by atoms with E-state index in [0.29, 0.717) is 30.0 Å². The molecule has 1 aliphatic heterocycles. The number of benzene rings is 1. The van der Waals surface area contributed by atoms with Gasteiger partial charge in [-0.2, -0.15) is 0 Å². The maximum absolute atomic E-state index is 11.6. The summed E-state index contributed by atoms with van der Waals surface area (Å²) < 4.78 is 10.4. The molecule has 1 atom stereocenters. The fraction of sp³-hybridized carbons (Fsp3) is 0.385. The maximum atomic E-state index is 11.6. The van der Waals surface area contributed by atoms with Crippen LogP contribution >= 0.6 is 0 Å². The van der Waals surface area contributed by atoms with E-state index in [4.69, 9.17) is 9.47 Å². The van der Waals surface area contributed by atoms with Gasteiger partial charge in [-0.1, -0.05) is 6.92 Å². The van der Waals surface area contributed by atoms with E-state index in [-0.39, 0.29) is 5.91 Å². The van der Waals surface area contributed by atoms with Gasteiger partial charge in [-0.25, -0.2) is 4.79 Å². The molecule has 0 unspecified atom stereocenters. The van der Waals surface area contributed by atoms with Crippen LogP contribution in [0.25, 0.3) is 0 Å². The first-order chi connectivity index (χ1) is 8.65. The number of ether oxygens (including phenoxy) is 2. The number of esters is 1. The van der Waals surface area contributed by atoms with Crippen LogP contribution in [0.1, 0.15) is 30.6 Å². The summed E-state index contributed by atoms with van der Waals surface area (Å²) >= 11 is 0. The van der Waals surface area contributed by atoms with Crippen molar-refractivity contribution in [1.29, 1.82) is 0 Å². The van der Waals surface area contributed by atoms with E-state index in [9.17, 15) is 9.59 Å². The topological polar surface area (TPSA) is 64.6 Å². The van der Waals surface area contributed by atoms with Gasteiger partial charge in [0, 0.05) is 0 Å². The van der Waals surface area contributed by atoms with E-state index >= 15 is 0 Å². The monoisotopic (exact) mass is 249 g/mol. The van der Waals surface area contributed by atoms with E-state index < -0.39 is 12.1 Å². The Bertz CT molecular complexity index is 484. The van der Waals surface area contributed by atoms with Gasteiger partial charge in [-0.05, 0) is 31.5 Å². The molecule has 0 bridgehead atoms. The van der Waals surface area contributed by atoms with Crippen molar-refractivity contribution in [2.24, 2.45) is 0 Å².